The molecule has 0 aromatic rings. The van der Waals surface area contributed by atoms with Crippen molar-refractivity contribution >= 4 is 19.8 Å². The lowest BCUT2D eigenvalue weighted by atomic mass is 10.0. The predicted octanol–water partition coefficient (Wildman–Crippen LogP) is 12.1. The van der Waals surface area contributed by atoms with Gasteiger partial charge in [0, 0.05) is 12.8 Å². The number of phosphoric ester groups is 1. The van der Waals surface area contributed by atoms with E-state index in [4.69, 9.17) is 18.5 Å². The fourth-order valence-electron chi connectivity index (χ4n) is 6.16. The van der Waals surface area contributed by atoms with E-state index < -0.39 is 32.5 Å². The van der Waals surface area contributed by atoms with E-state index in [0.29, 0.717) is 23.9 Å². The zero-order valence-electron chi connectivity index (χ0n) is 36.4. The average molecular weight is 800 g/mol. The monoisotopic (exact) mass is 800 g/mol. The second-order valence-corrected chi connectivity index (χ2v) is 17.8. The molecule has 2 unspecified atom stereocenters. The molecule has 55 heavy (non-hydrogen) atoms. The first kappa shape index (κ1) is 53.5. The zero-order valence-corrected chi connectivity index (χ0v) is 37.3. The van der Waals surface area contributed by atoms with Gasteiger partial charge in [-0.3, -0.25) is 14.2 Å². The fraction of sp³-hybridized carbons (Fsp3) is 0.867. The third kappa shape index (κ3) is 41.9. The summed E-state index contributed by atoms with van der Waals surface area (Å²) in [5.74, 6) is -0.843. The number of unbranched alkanes of at least 4 members (excludes halogenated alkanes) is 23. The quantitative estimate of drug-likeness (QED) is 0.0198. The number of likely N-dealkylation sites (N-methyl/N-ethyl adjacent to an activating group) is 1. The van der Waals surface area contributed by atoms with Crippen LogP contribution in [0.15, 0.2) is 24.3 Å². The number of phosphoric acid groups is 1. The van der Waals surface area contributed by atoms with E-state index in [0.717, 1.165) is 51.4 Å². The molecule has 10 heteroatoms. The number of esters is 2. The first-order valence-corrected chi connectivity index (χ1v) is 24.0. The van der Waals surface area contributed by atoms with Crippen LogP contribution in [0.3, 0.4) is 0 Å². The molecular formula is C45H86NO8P. The Balaban J connectivity index is 4.35. The van der Waals surface area contributed by atoms with Crippen molar-refractivity contribution in [1.29, 1.82) is 0 Å². The molecule has 0 N–H and O–H groups in total. The molecule has 0 aromatic carbocycles. The van der Waals surface area contributed by atoms with E-state index in [9.17, 15) is 19.0 Å². The van der Waals surface area contributed by atoms with Gasteiger partial charge in [-0.25, -0.2) is 0 Å². The van der Waals surface area contributed by atoms with Crippen molar-refractivity contribution in [2.45, 2.75) is 206 Å². The summed E-state index contributed by atoms with van der Waals surface area (Å²) >= 11 is 0. The van der Waals surface area contributed by atoms with Gasteiger partial charge in [-0.05, 0) is 44.9 Å². The summed E-state index contributed by atoms with van der Waals surface area (Å²) in [6, 6.07) is 0. The molecule has 324 valence electrons. The SMILES string of the molecule is CCCCC/C=C/C/C=C/CCCCCCCC(=O)OCC(COP(=O)([O-])OCC[N+](C)(C)C)OC(=O)CCCCCCCCCCCCCCCCCC. The zero-order chi connectivity index (χ0) is 40.7. The number of hydrogen-bond acceptors (Lipinski definition) is 8. The van der Waals surface area contributed by atoms with Gasteiger partial charge < -0.3 is 27.9 Å². The molecule has 0 spiro atoms. The minimum atomic E-state index is -4.62. The van der Waals surface area contributed by atoms with Crippen LogP contribution in [-0.2, 0) is 32.7 Å². The second-order valence-electron chi connectivity index (χ2n) is 16.4. The molecule has 0 aliphatic rings. The summed E-state index contributed by atoms with van der Waals surface area (Å²) < 4.78 is 33.9. The minimum absolute atomic E-state index is 0.0312. The Labute approximate surface area is 339 Å². The van der Waals surface area contributed by atoms with Crippen molar-refractivity contribution in [2.24, 2.45) is 0 Å². The highest BCUT2D eigenvalue weighted by molar-refractivity contribution is 7.45. The molecule has 0 aromatic heterocycles. The van der Waals surface area contributed by atoms with Crippen molar-refractivity contribution in [3.05, 3.63) is 24.3 Å². The summed E-state index contributed by atoms with van der Waals surface area (Å²) in [7, 11) is 1.16. The maximum atomic E-state index is 12.7. The number of ether oxygens (including phenoxy) is 2. The molecule has 0 aliphatic heterocycles. The van der Waals surface area contributed by atoms with Crippen LogP contribution < -0.4 is 4.89 Å². The number of carbonyl (C=O) groups excluding carboxylic acids is 2. The highest BCUT2D eigenvalue weighted by Crippen LogP contribution is 2.38. The maximum Gasteiger partial charge on any atom is 0.306 e. The largest absolute Gasteiger partial charge is 0.756 e. The number of nitrogens with zero attached hydrogens (tertiary/aromatic N) is 1. The molecule has 0 heterocycles. The highest BCUT2D eigenvalue weighted by Gasteiger charge is 2.21. The van der Waals surface area contributed by atoms with Crippen LogP contribution >= 0.6 is 7.82 Å². The normalized spacial score (nSPS) is 13.8. The summed E-state index contributed by atoms with van der Waals surface area (Å²) in [5.41, 5.74) is 0. The maximum absolute atomic E-state index is 12.7. The minimum Gasteiger partial charge on any atom is -0.756 e. The molecule has 0 radical (unpaired) electrons. The van der Waals surface area contributed by atoms with Gasteiger partial charge in [0.1, 0.15) is 19.8 Å². The lowest BCUT2D eigenvalue weighted by Gasteiger charge is -2.28. The van der Waals surface area contributed by atoms with E-state index in [-0.39, 0.29) is 26.1 Å². The lowest BCUT2D eigenvalue weighted by Crippen LogP contribution is -2.37. The van der Waals surface area contributed by atoms with Crippen LogP contribution in [0.5, 0.6) is 0 Å². The second kappa shape index (κ2) is 38.0. The Morgan fingerprint density at radius 2 is 0.982 bits per heavy atom. The number of rotatable bonds is 41. The predicted molar refractivity (Wildman–Crippen MR) is 227 cm³/mol. The van der Waals surface area contributed by atoms with Gasteiger partial charge in [-0.2, -0.15) is 0 Å². The summed E-state index contributed by atoms with van der Waals surface area (Å²) in [6.45, 7) is 4.20. The molecule has 0 bridgehead atoms. The van der Waals surface area contributed by atoms with Gasteiger partial charge in [0.2, 0.25) is 0 Å². The first-order chi connectivity index (χ1) is 26.5. The number of quaternary nitrogens is 1. The summed E-state index contributed by atoms with van der Waals surface area (Å²) in [5, 5.41) is 0. The summed E-state index contributed by atoms with van der Waals surface area (Å²) in [4.78, 5) is 37.5. The Bertz CT molecular complexity index is 996. The van der Waals surface area contributed by atoms with E-state index in [2.05, 4.69) is 38.2 Å². The van der Waals surface area contributed by atoms with Gasteiger partial charge >= 0.3 is 11.9 Å². The highest BCUT2D eigenvalue weighted by atomic mass is 31.2. The third-order valence-electron chi connectivity index (χ3n) is 9.72. The van der Waals surface area contributed by atoms with Crippen LogP contribution in [-0.4, -0.2) is 70.0 Å². The van der Waals surface area contributed by atoms with Crippen LogP contribution in [0.2, 0.25) is 0 Å². The first-order valence-electron chi connectivity index (χ1n) is 22.5. The van der Waals surface area contributed by atoms with Crippen LogP contribution in [0.25, 0.3) is 0 Å². The molecular weight excluding hydrogens is 713 g/mol. The number of hydrogen-bond donors (Lipinski definition) is 0. The molecule has 0 saturated carbocycles. The smallest absolute Gasteiger partial charge is 0.306 e. The average Bonchev–Trinajstić information content (AvgIpc) is 3.13. The molecule has 0 fully saturated rings. The van der Waals surface area contributed by atoms with E-state index in [1.54, 1.807) is 0 Å². The van der Waals surface area contributed by atoms with Gasteiger partial charge in [0.25, 0.3) is 7.82 Å². The van der Waals surface area contributed by atoms with Gasteiger partial charge in [-0.15, -0.1) is 0 Å². The molecule has 0 amide bonds. The van der Waals surface area contributed by atoms with Gasteiger partial charge in [-0.1, -0.05) is 167 Å². The molecule has 0 aliphatic carbocycles. The topological polar surface area (TPSA) is 111 Å². The van der Waals surface area contributed by atoms with Crippen molar-refractivity contribution < 1.29 is 42.1 Å². The molecule has 9 nitrogen and oxygen atoms in total. The standard InChI is InChI=1S/C45H86NO8P/c1-6-8-10-12-14-16-18-20-22-24-26-28-30-32-34-36-38-45(48)54-43(42-53-55(49,50)52-40-39-46(3,4)5)41-51-44(47)37-35-33-31-29-27-25-23-21-19-17-15-13-11-9-7-2/h15,17,21,23,43H,6-14,16,18-20,22,24-42H2,1-5H3/b17-15+,23-21+. The molecule has 0 rings (SSSR count). The van der Waals surface area contributed by atoms with Crippen molar-refractivity contribution in [2.75, 3.05) is 47.5 Å². The Morgan fingerprint density at radius 3 is 1.47 bits per heavy atom. The molecule has 2 atom stereocenters. The van der Waals surface area contributed by atoms with E-state index in [1.807, 2.05) is 21.1 Å². The third-order valence-corrected chi connectivity index (χ3v) is 10.7. The number of carbonyl (C=O) groups is 2. The number of allylic oxidation sites excluding steroid dienone is 4. The van der Waals surface area contributed by atoms with Crippen molar-refractivity contribution in [3.8, 4) is 0 Å². The van der Waals surface area contributed by atoms with Crippen molar-refractivity contribution in [3.63, 3.8) is 0 Å². The van der Waals surface area contributed by atoms with Gasteiger partial charge in [0.05, 0.1) is 27.7 Å². The van der Waals surface area contributed by atoms with Crippen LogP contribution in [0.1, 0.15) is 200 Å². The Morgan fingerprint density at radius 1 is 0.564 bits per heavy atom. The Kier molecular flexibility index (Phi) is 37.0. The summed E-state index contributed by atoms with van der Waals surface area (Å²) in [6.07, 6.45) is 40.5. The van der Waals surface area contributed by atoms with E-state index >= 15 is 0 Å². The lowest BCUT2D eigenvalue weighted by molar-refractivity contribution is -0.870. The van der Waals surface area contributed by atoms with Gasteiger partial charge in [0.15, 0.2) is 6.10 Å². The fourth-order valence-corrected chi connectivity index (χ4v) is 6.88. The van der Waals surface area contributed by atoms with E-state index in [1.165, 1.54) is 109 Å². The van der Waals surface area contributed by atoms with Crippen LogP contribution in [0.4, 0.5) is 0 Å². The van der Waals surface area contributed by atoms with Crippen molar-refractivity contribution in [1.82, 2.24) is 0 Å². The molecule has 0 saturated heterocycles. The van der Waals surface area contributed by atoms with Crippen LogP contribution in [0, 0.1) is 0 Å². The Hall–Kier alpha value is -1.51.